The zero-order valence-electron chi connectivity index (χ0n) is 14.7. The monoisotopic (exact) mass is 368 g/mol. The maximum Gasteiger partial charge on any atom is 0.253 e. The van der Waals surface area contributed by atoms with E-state index >= 15 is 0 Å². The summed E-state index contributed by atoms with van der Waals surface area (Å²) in [6.07, 6.45) is 3.90. The summed E-state index contributed by atoms with van der Waals surface area (Å²) in [5, 5.41) is 3.51. The van der Waals surface area contributed by atoms with Crippen molar-refractivity contribution < 1.29 is 9.59 Å². The van der Waals surface area contributed by atoms with E-state index < -0.39 is 0 Å². The molecule has 1 aliphatic heterocycles. The van der Waals surface area contributed by atoms with Gasteiger partial charge >= 0.3 is 0 Å². The summed E-state index contributed by atoms with van der Waals surface area (Å²) in [6.45, 7) is 3.36. The fraction of sp³-hybridized carbons (Fsp3) is 0.238. The number of hydrogen-bond acceptors (Lipinski definition) is 2. The lowest BCUT2D eigenvalue weighted by Gasteiger charge is -2.15. The second-order valence-electron chi connectivity index (χ2n) is 6.41. The minimum Gasteiger partial charge on any atom is -0.339 e. The van der Waals surface area contributed by atoms with Crippen molar-refractivity contribution in [3.63, 3.8) is 0 Å². The maximum absolute atomic E-state index is 12.5. The molecule has 1 aliphatic rings. The van der Waals surface area contributed by atoms with Crippen LogP contribution in [0.5, 0.6) is 0 Å². The van der Waals surface area contributed by atoms with E-state index in [2.05, 4.69) is 5.32 Å². The third kappa shape index (κ3) is 4.52. The van der Waals surface area contributed by atoms with Crippen LogP contribution in [-0.2, 0) is 4.79 Å². The molecule has 2 amide bonds. The van der Waals surface area contributed by atoms with Crippen molar-refractivity contribution in [2.75, 3.05) is 18.4 Å². The predicted octanol–water partition coefficient (Wildman–Crippen LogP) is 4.62. The van der Waals surface area contributed by atoms with Gasteiger partial charge in [0.25, 0.3) is 11.8 Å². The van der Waals surface area contributed by atoms with Gasteiger partial charge in [-0.05, 0) is 61.7 Å². The maximum atomic E-state index is 12.5. The van der Waals surface area contributed by atoms with Crippen LogP contribution in [0.4, 0.5) is 5.69 Å². The molecule has 0 unspecified atom stereocenters. The third-order valence-electron chi connectivity index (χ3n) is 4.37. The van der Waals surface area contributed by atoms with E-state index in [0.29, 0.717) is 21.8 Å². The van der Waals surface area contributed by atoms with Gasteiger partial charge in [0, 0.05) is 34.9 Å². The number of nitrogens with zero attached hydrogens (tertiary/aromatic N) is 1. The second kappa shape index (κ2) is 8.19. The van der Waals surface area contributed by atoms with E-state index in [0.717, 1.165) is 31.5 Å². The van der Waals surface area contributed by atoms with E-state index in [1.165, 1.54) is 0 Å². The summed E-state index contributed by atoms with van der Waals surface area (Å²) < 4.78 is 0. The van der Waals surface area contributed by atoms with E-state index in [9.17, 15) is 9.59 Å². The quantitative estimate of drug-likeness (QED) is 0.800. The van der Waals surface area contributed by atoms with Crippen LogP contribution in [0.2, 0.25) is 5.02 Å². The van der Waals surface area contributed by atoms with Crippen LogP contribution < -0.4 is 5.32 Å². The van der Waals surface area contributed by atoms with Crippen molar-refractivity contribution in [3.8, 4) is 0 Å². The highest BCUT2D eigenvalue weighted by Crippen LogP contribution is 2.18. The first-order valence-electron chi connectivity index (χ1n) is 8.67. The Kier molecular flexibility index (Phi) is 5.74. The van der Waals surface area contributed by atoms with Gasteiger partial charge in [0.1, 0.15) is 0 Å². The van der Waals surface area contributed by atoms with Gasteiger partial charge in [-0.25, -0.2) is 0 Å². The van der Waals surface area contributed by atoms with Crippen molar-refractivity contribution in [2.24, 2.45) is 0 Å². The van der Waals surface area contributed by atoms with Crippen molar-refractivity contribution in [2.45, 2.75) is 19.8 Å². The Bertz CT molecular complexity index is 837. The number of hydrogen-bond donors (Lipinski definition) is 1. The molecule has 0 atom stereocenters. The molecule has 2 aromatic carbocycles. The molecule has 0 saturated carbocycles. The zero-order chi connectivity index (χ0) is 18.5. The Balaban J connectivity index is 1.69. The summed E-state index contributed by atoms with van der Waals surface area (Å²) in [7, 11) is 0. The number of nitrogens with one attached hydrogen (secondary N) is 1. The van der Waals surface area contributed by atoms with E-state index in [-0.39, 0.29) is 11.8 Å². The molecule has 0 spiro atoms. The largest absolute Gasteiger partial charge is 0.339 e. The number of benzene rings is 2. The molecule has 5 heteroatoms. The third-order valence-corrected chi connectivity index (χ3v) is 4.62. The van der Waals surface area contributed by atoms with E-state index in [1.807, 2.05) is 17.0 Å². The smallest absolute Gasteiger partial charge is 0.253 e. The first kappa shape index (κ1) is 18.2. The van der Waals surface area contributed by atoms with Crippen molar-refractivity contribution in [1.82, 2.24) is 4.90 Å². The number of carbonyl (C=O) groups excluding carboxylic acids is 2. The summed E-state index contributed by atoms with van der Waals surface area (Å²) in [4.78, 5) is 26.8. The highest BCUT2D eigenvalue weighted by atomic mass is 35.5. The molecule has 134 valence electrons. The Morgan fingerprint density at radius 2 is 1.77 bits per heavy atom. The van der Waals surface area contributed by atoms with Crippen LogP contribution in [0.1, 0.15) is 35.7 Å². The van der Waals surface area contributed by atoms with Crippen molar-refractivity contribution in [3.05, 3.63) is 70.3 Å². The van der Waals surface area contributed by atoms with Gasteiger partial charge in [0.15, 0.2) is 0 Å². The Morgan fingerprint density at radius 3 is 2.46 bits per heavy atom. The standard InChI is InChI=1S/C21H21ClN2O2/c1-15(13-16-7-9-18(22)10-8-16)20(25)23-19-6-4-5-17(14-19)21(26)24-11-2-3-12-24/h4-10,13-14H,2-3,11-12H2,1H3,(H,23,25)/b15-13+. The molecule has 0 aromatic heterocycles. The minimum absolute atomic E-state index is 0.0204. The molecule has 4 nitrogen and oxygen atoms in total. The highest BCUT2D eigenvalue weighted by molar-refractivity contribution is 6.30. The van der Waals surface area contributed by atoms with E-state index in [4.69, 9.17) is 11.6 Å². The van der Waals surface area contributed by atoms with Crippen LogP contribution in [0.15, 0.2) is 54.1 Å². The molecular formula is C21H21ClN2O2. The van der Waals surface area contributed by atoms with Gasteiger partial charge in [-0.2, -0.15) is 0 Å². The second-order valence-corrected chi connectivity index (χ2v) is 6.85. The van der Waals surface area contributed by atoms with Crippen LogP contribution >= 0.6 is 11.6 Å². The zero-order valence-corrected chi connectivity index (χ0v) is 15.4. The van der Waals surface area contributed by atoms with Gasteiger partial charge in [0.2, 0.25) is 0 Å². The first-order valence-corrected chi connectivity index (χ1v) is 9.05. The average Bonchev–Trinajstić information content (AvgIpc) is 3.18. The minimum atomic E-state index is -0.203. The van der Waals surface area contributed by atoms with Gasteiger partial charge < -0.3 is 10.2 Å². The SMILES string of the molecule is C/C(=C\c1ccc(Cl)cc1)C(=O)Nc1cccc(C(=O)N2CCCC2)c1. The lowest BCUT2D eigenvalue weighted by atomic mass is 10.1. The number of rotatable bonds is 4. The van der Waals surface area contributed by atoms with Crippen molar-refractivity contribution in [1.29, 1.82) is 0 Å². The van der Waals surface area contributed by atoms with Gasteiger partial charge in [-0.1, -0.05) is 29.8 Å². The molecule has 3 rings (SSSR count). The molecule has 0 aliphatic carbocycles. The summed E-state index contributed by atoms with van der Waals surface area (Å²) >= 11 is 5.87. The molecule has 1 fully saturated rings. The molecule has 2 aromatic rings. The number of anilines is 1. The molecule has 1 saturated heterocycles. The summed E-state index contributed by atoms with van der Waals surface area (Å²) in [5.74, 6) is -0.183. The Labute approximate surface area is 158 Å². The van der Waals surface area contributed by atoms with Gasteiger partial charge in [0.05, 0.1) is 0 Å². The topological polar surface area (TPSA) is 49.4 Å². The van der Waals surface area contributed by atoms with Gasteiger partial charge in [-0.3, -0.25) is 9.59 Å². The lowest BCUT2D eigenvalue weighted by Crippen LogP contribution is -2.27. The molecule has 26 heavy (non-hydrogen) atoms. The number of halogens is 1. The molecule has 1 heterocycles. The fourth-order valence-corrected chi connectivity index (χ4v) is 3.06. The molecular weight excluding hydrogens is 348 g/mol. The summed E-state index contributed by atoms with van der Waals surface area (Å²) in [5.41, 5.74) is 2.69. The normalized spacial score (nSPS) is 14.4. The Hall–Kier alpha value is -2.59. The van der Waals surface area contributed by atoms with E-state index in [1.54, 1.807) is 49.4 Å². The molecule has 0 radical (unpaired) electrons. The van der Waals surface area contributed by atoms with Crippen molar-refractivity contribution >= 4 is 35.2 Å². The number of carbonyl (C=O) groups is 2. The van der Waals surface area contributed by atoms with Crippen LogP contribution in [-0.4, -0.2) is 29.8 Å². The summed E-state index contributed by atoms with van der Waals surface area (Å²) in [6, 6.07) is 14.4. The van der Waals surface area contributed by atoms with Crippen LogP contribution in [0, 0.1) is 0 Å². The number of amides is 2. The molecule has 0 bridgehead atoms. The lowest BCUT2D eigenvalue weighted by molar-refractivity contribution is -0.112. The highest BCUT2D eigenvalue weighted by Gasteiger charge is 2.19. The van der Waals surface area contributed by atoms with Crippen LogP contribution in [0.25, 0.3) is 6.08 Å². The van der Waals surface area contributed by atoms with Gasteiger partial charge in [-0.15, -0.1) is 0 Å². The molecule has 1 N–H and O–H groups in total. The predicted molar refractivity (Wildman–Crippen MR) is 105 cm³/mol. The first-order chi connectivity index (χ1) is 12.5. The average molecular weight is 369 g/mol. The fourth-order valence-electron chi connectivity index (χ4n) is 2.94. The number of likely N-dealkylation sites (tertiary alicyclic amines) is 1. The van der Waals surface area contributed by atoms with Crippen LogP contribution in [0.3, 0.4) is 0 Å². The Morgan fingerprint density at radius 1 is 1.08 bits per heavy atom.